The fraction of sp³-hybridized carbons (Fsp3) is 0.438. The van der Waals surface area contributed by atoms with Crippen LogP contribution >= 0.6 is 0 Å². The van der Waals surface area contributed by atoms with Gasteiger partial charge in [0.25, 0.3) is 5.91 Å². The number of benzene rings is 1. The molecule has 1 aromatic rings. The van der Waals surface area contributed by atoms with Crippen LogP contribution in [0.3, 0.4) is 0 Å². The van der Waals surface area contributed by atoms with E-state index in [9.17, 15) is 9.18 Å². The van der Waals surface area contributed by atoms with Gasteiger partial charge in [-0.25, -0.2) is 4.39 Å². The van der Waals surface area contributed by atoms with Crippen LogP contribution in [-0.4, -0.2) is 23.7 Å². The molecule has 1 amide bonds. The Bertz CT molecular complexity index is 539. The smallest absolute Gasteiger partial charge is 0.252 e. The third-order valence-corrected chi connectivity index (χ3v) is 3.38. The first kappa shape index (κ1) is 14.5. The largest absolute Gasteiger partial charge is 0.395 e. The summed E-state index contributed by atoms with van der Waals surface area (Å²) in [6.45, 7) is -0.0497. The van der Waals surface area contributed by atoms with Gasteiger partial charge in [-0.2, -0.15) is 0 Å². The number of amides is 1. The Morgan fingerprint density at radius 3 is 2.85 bits per heavy atom. The third-order valence-electron chi connectivity index (χ3n) is 3.38. The van der Waals surface area contributed by atoms with Crippen LogP contribution in [0.4, 0.5) is 4.39 Å². The van der Waals surface area contributed by atoms with E-state index in [-0.39, 0.29) is 18.6 Å². The van der Waals surface area contributed by atoms with E-state index in [1.807, 2.05) is 0 Å². The maximum atomic E-state index is 13.3. The minimum absolute atomic E-state index is 0.0497. The number of halogens is 1. The van der Waals surface area contributed by atoms with Gasteiger partial charge < -0.3 is 10.4 Å². The van der Waals surface area contributed by atoms with Gasteiger partial charge in [-0.3, -0.25) is 4.79 Å². The molecule has 1 aliphatic carbocycles. The van der Waals surface area contributed by atoms with E-state index < -0.39 is 5.82 Å². The van der Waals surface area contributed by atoms with Crippen molar-refractivity contribution in [1.82, 2.24) is 5.32 Å². The molecule has 0 aliphatic heterocycles. The van der Waals surface area contributed by atoms with Gasteiger partial charge in [-0.15, -0.1) is 0 Å². The van der Waals surface area contributed by atoms with Crippen LogP contribution in [0, 0.1) is 17.7 Å². The lowest BCUT2D eigenvalue weighted by Crippen LogP contribution is -2.33. The minimum atomic E-state index is -0.421. The summed E-state index contributed by atoms with van der Waals surface area (Å²) in [5.41, 5.74) is 0.762. The molecule has 0 spiro atoms. The van der Waals surface area contributed by atoms with Crippen LogP contribution in [0.2, 0.25) is 0 Å². The Hall–Kier alpha value is -1.86. The molecule has 0 atom stereocenters. The van der Waals surface area contributed by atoms with Crippen molar-refractivity contribution in [1.29, 1.82) is 0 Å². The first-order valence-corrected chi connectivity index (χ1v) is 6.91. The van der Waals surface area contributed by atoms with Crippen molar-refractivity contribution in [3.8, 4) is 11.8 Å². The van der Waals surface area contributed by atoms with Crippen LogP contribution in [0.15, 0.2) is 18.2 Å². The summed E-state index contributed by atoms with van der Waals surface area (Å²) in [7, 11) is 0. The first-order chi connectivity index (χ1) is 9.70. The van der Waals surface area contributed by atoms with Gasteiger partial charge in [0.05, 0.1) is 12.2 Å². The monoisotopic (exact) mass is 275 g/mol. The van der Waals surface area contributed by atoms with Gasteiger partial charge in [0.2, 0.25) is 0 Å². The molecule has 1 fully saturated rings. The second-order valence-electron chi connectivity index (χ2n) is 4.92. The molecule has 3 nitrogen and oxygen atoms in total. The molecule has 1 aliphatic rings. The van der Waals surface area contributed by atoms with Gasteiger partial charge in [-0.05, 0) is 31.0 Å². The maximum absolute atomic E-state index is 13.3. The van der Waals surface area contributed by atoms with Gasteiger partial charge in [0.1, 0.15) is 5.82 Å². The number of carbonyl (C=O) groups is 1. The van der Waals surface area contributed by atoms with E-state index >= 15 is 0 Å². The summed E-state index contributed by atoms with van der Waals surface area (Å²) in [5.74, 6) is 4.85. The molecule has 1 aromatic carbocycles. The van der Waals surface area contributed by atoms with Gasteiger partial charge in [0, 0.05) is 18.0 Å². The zero-order valence-corrected chi connectivity index (χ0v) is 11.3. The predicted molar refractivity (Wildman–Crippen MR) is 74.7 cm³/mol. The van der Waals surface area contributed by atoms with Crippen LogP contribution < -0.4 is 5.32 Å². The Morgan fingerprint density at radius 2 is 2.15 bits per heavy atom. The quantitative estimate of drug-likeness (QED) is 0.831. The zero-order chi connectivity index (χ0) is 14.4. The van der Waals surface area contributed by atoms with Crippen molar-refractivity contribution in [3.05, 3.63) is 35.1 Å². The van der Waals surface area contributed by atoms with E-state index in [1.54, 1.807) is 0 Å². The van der Waals surface area contributed by atoms with Gasteiger partial charge in [0.15, 0.2) is 0 Å². The molecule has 2 N–H and O–H groups in total. The summed E-state index contributed by atoms with van der Waals surface area (Å²) in [5, 5.41) is 11.7. The molecule has 1 saturated carbocycles. The van der Waals surface area contributed by atoms with Crippen LogP contribution in [0.25, 0.3) is 0 Å². The van der Waals surface area contributed by atoms with Gasteiger partial charge >= 0.3 is 0 Å². The van der Waals surface area contributed by atoms with E-state index in [0.717, 1.165) is 25.7 Å². The van der Waals surface area contributed by atoms with Crippen molar-refractivity contribution in [2.45, 2.75) is 38.1 Å². The number of carbonyl (C=O) groups excluding carboxylic acids is 1. The predicted octanol–water partition coefficient (Wildman–Crippen LogP) is 2.23. The van der Waals surface area contributed by atoms with E-state index in [0.29, 0.717) is 17.5 Å². The van der Waals surface area contributed by atoms with E-state index in [2.05, 4.69) is 17.2 Å². The second kappa shape index (κ2) is 7.06. The average molecular weight is 275 g/mol. The summed E-state index contributed by atoms with van der Waals surface area (Å²) in [6, 6.07) is 4.20. The lowest BCUT2D eigenvalue weighted by molar-refractivity contribution is 0.0937. The topological polar surface area (TPSA) is 49.3 Å². The SMILES string of the molecule is O=C(NC1CCCC1)c1ccc(F)cc1C#CCCO. The Balaban J connectivity index is 2.17. The Kier molecular flexibility index (Phi) is 5.14. The maximum Gasteiger partial charge on any atom is 0.252 e. The molecule has 4 heteroatoms. The van der Waals surface area contributed by atoms with Crippen molar-refractivity contribution in [3.63, 3.8) is 0 Å². The summed E-state index contributed by atoms with van der Waals surface area (Å²) in [4.78, 5) is 12.2. The molecule has 0 bridgehead atoms. The molecule has 106 valence electrons. The van der Waals surface area contributed by atoms with E-state index in [4.69, 9.17) is 5.11 Å². The molecule has 0 aromatic heterocycles. The van der Waals surface area contributed by atoms with Crippen molar-refractivity contribution in [2.75, 3.05) is 6.61 Å². The van der Waals surface area contributed by atoms with E-state index in [1.165, 1.54) is 18.2 Å². The highest BCUT2D eigenvalue weighted by atomic mass is 19.1. The van der Waals surface area contributed by atoms with Crippen molar-refractivity contribution < 1.29 is 14.3 Å². The lowest BCUT2D eigenvalue weighted by atomic mass is 10.1. The van der Waals surface area contributed by atoms with Gasteiger partial charge in [-0.1, -0.05) is 24.7 Å². The molecule has 20 heavy (non-hydrogen) atoms. The number of hydrogen-bond donors (Lipinski definition) is 2. The Morgan fingerprint density at radius 1 is 1.40 bits per heavy atom. The standard InChI is InChI=1S/C16H18FNO2/c17-13-8-9-15(12(11-13)5-3-4-10-19)16(20)18-14-6-1-2-7-14/h8-9,11,14,19H,1-2,4,6-7,10H2,(H,18,20). The number of aliphatic hydroxyl groups excluding tert-OH is 1. The minimum Gasteiger partial charge on any atom is -0.395 e. The van der Waals surface area contributed by atoms with Crippen LogP contribution in [-0.2, 0) is 0 Å². The normalized spacial score (nSPS) is 14.7. The van der Waals surface area contributed by atoms with Crippen LogP contribution in [0.5, 0.6) is 0 Å². The molecule has 2 rings (SSSR count). The van der Waals surface area contributed by atoms with Crippen molar-refractivity contribution >= 4 is 5.91 Å². The highest BCUT2D eigenvalue weighted by molar-refractivity contribution is 5.96. The fourth-order valence-electron chi connectivity index (χ4n) is 2.36. The summed E-state index contributed by atoms with van der Waals surface area (Å²) in [6.07, 6.45) is 4.58. The summed E-state index contributed by atoms with van der Waals surface area (Å²) >= 11 is 0. The highest BCUT2D eigenvalue weighted by Gasteiger charge is 2.19. The zero-order valence-electron chi connectivity index (χ0n) is 11.3. The second-order valence-corrected chi connectivity index (χ2v) is 4.92. The molecular formula is C16H18FNO2. The number of aliphatic hydroxyl groups is 1. The molecule has 0 radical (unpaired) electrons. The molecular weight excluding hydrogens is 257 g/mol. The van der Waals surface area contributed by atoms with Crippen LogP contribution in [0.1, 0.15) is 48.0 Å². The fourth-order valence-corrected chi connectivity index (χ4v) is 2.36. The first-order valence-electron chi connectivity index (χ1n) is 6.91. The molecule has 0 heterocycles. The number of rotatable bonds is 3. The average Bonchev–Trinajstić information content (AvgIpc) is 2.92. The summed E-state index contributed by atoms with van der Waals surface area (Å²) < 4.78 is 13.3. The third kappa shape index (κ3) is 3.82. The number of hydrogen-bond acceptors (Lipinski definition) is 2. The van der Waals surface area contributed by atoms with Crippen molar-refractivity contribution in [2.24, 2.45) is 0 Å². The lowest BCUT2D eigenvalue weighted by Gasteiger charge is -2.12. The Labute approximate surface area is 118 Å². The molecule has 0 unspecified atom stereocenters. The highest BCUT2D eigenvalue weighted by Crippen LogP contribution is 2.19. The number of nitrogens with one attached hydrogen (secondary N) is 1. The molecule has 0 saturated heterocycles.